The zero-order valence-corrected chi connectivity index (χ0v) is 22.0. The van der Waals surface area contributed by atoms with Gasteiger partial charge in [0.2, 0.25) is 5.95 Å². The number of benzene rings is 2. The first-order chi connectivity index (χ1) is 17.6. The highest BCUT2D eigenvalue weighted by atomic mass is 16.5. The van der Waals surface area contributed by atoms with Gasteiger partial charge < -0.3 is 19.9 Å². The summed E-state index contributed by atoms with van der Waals surface area (Å²) in [6.07, 6.45) is 4.25. The summed E-state index contributed by atoms with van der Waals surface area (Å²) in [7, 11) is 3.94. The number of ether oxygens (including phenoxy) is 1. The van der Waals surface area contributed by atoms with Crippen molar-refractivity contribution in [2.75, 3.05) is 63.6 Å². The van der Waals surface area contributed by atoms with Crippen molar-refractivity contribution in [2.45, 2.75) is 45.2 Å². The fourth-order valence-corrected chi connectivity index (χ4v) is 5.42. The second-order valence-corrected chi connectivity index (χ2v) is 10.2. The Balaban J connectivity index is 1.38. The Labute approximate surface area is 215 Å². The Hall–Kier alpha value is -2.90. The molecule has 1 N–H and O–H groups in total. The number of anilines is 2. The topological polar surface area (TPSA) is 56.8 Å². The molecule has 192 valence electrons. The summed E-state index contributed by atoms with van der Waals surface area (Å²) in [6, 6.07) is 15.5. The van der Waals surface area contributed by atoms with Crippen LogP contribution in [0.15, 0.2) is 42.5 Å². The van der Waals surface area contributed by atoms with Gasteiger partial charge in [-0.2, -0.15) is 4.98 Å². The molecule has 7 heteroatoms. The lowest BCUT2D eigenvalue weighted by molar-refractivity contribution is 0.211. The highest BCUT2D eigenvalue weighted by Crippen LogP contribution is 2.32. The van der Waals surface area contributed by atoms with E-state index in [9.17, 15) is 0 Å². The van der Waals surface area contributed by atoms with Crippen molar-refractivity contribution >= 4 is 22.7 Å². The maximum absolute atomic E-state index is 5.73. The lowest BCUT2D eigenvalue weighted by Gasteiger charge is -2.33. The number of methoxy groups -OCH3 is 1. The number of fused-ring (bicyclic) bond motifs is 1. The van der Waals surface area contributed by atoms with Crippen LogP contribution in [0.2, 0.25) is 0 Å². The third kappa shape index (κ3) is 5.73. The molecule has 2 saturated heterocycles. The van der Waals surface area contributed by atoms with Crippen LogP contribution in [0.25, 0.3) is 10.9 Å². The van der Waals surface area contributed by atoms with Gasteiger partial charge in [-0.25, -0.2) is 4.98 Å². The molecule has 0 radical (unpaired) electrons. The number of likely N-dealkylation sites (tertiary alicyclic amines) is 1. The molecule has 3 heterocycles. The average Bonchev–Trinajstić information content (AvgIpc) is 3.14. The van der Waals surface area contributed by atoms with E-state index in [1.807, 2.05) is 0 Å². The Kier molecular flexibility index (Phi) is 7.87. The molecule has 0 spiro atoms. The van der Waals surface area contributed by atoms with Crippen molar-refractivity contribution in [1.82, 2.24) is 19.8 Å². The molecule has 2 fully saturated rings. The van der Waals surface area contributed by atoms with Crippen LogP contribution in [0, 0.1) is 0 Å². The fourth-order valence-electron chi connectivity index (χ4n) is 5.42. The Morgan fingerprint density at radius 1 is 0.972 bits per heavy atom. The molecule has 0 atom stereocenters. The van der Waals surface area contributed by atoms with Gasteiger partial charge in [0.05, 0.1) is 12.6 Å². The number of hydrogen-bond acceptors (Lipinski definition) is 7. The van der Waals surface area contributed by atoms with Gasteiger partial charge in [0, 0.05) is 50.7 Å². The largest absolute Gasteiger partial charge is 0.496 e. The van der Waals surface area contributed by atoms with Crippen molar-refractivity contribution in [3.05, 3.63) is 53.6 Å². The lowest BCUT2D eigenvalue weighted by Crippen LogP contribution is -2.39. The number of nitrogens with zero attached hydrogens (tertiary/aromatic N) is 5. The Bertz CT molecular complexity index is 1150. The van der Waals surface area contributed by atoms with Gasteiger partial charge in [0.15, 0.2) is 0 Å². The van der Waals surface area contributed by atoms with E-state index in [1.54, 1.807) is 7.11 Å². The fraction of sp³-hybridized carbons (Fsp3) is 0.517. The molecule has 3 aromatic rings. The van der Waals surface area contributed by atoms with E-state index in [0.29, 0.717) is 6.04 Å². The molecule has 0 unspecified atom stereocenters. The van der Waals surface area contributed by atoms with E-state index >= 15 is 0 Å². The average molecular weight is 489 g/mol. The molecule has 0 bridgehead atoms. The van der Waals surface area contributed by atoms with Gasteiger partial charge in [0.1, 0.15) is 11.6 Å². The number of rotatable bonds is 7. The van der Waals surface area contributed by atoms with E-state index in [4.69, 9.17) is 14.7 Å². The normalized spacial score (nSPS) is 18.4. The number of likely N-dealkylation sites (N-methyl/N-ethyl adjacent to an activating group) is 1. The molecular weight excluding hydrogens is 448 g/mol. The van der Waals surface area contributed by atoms with E-state index in [2.05, 4.69) is 76.5 Å². The van der Waals surface area contributed by atoms with E-state index in [0.717, 1.165) is 99.9 Å². The smallest absolute Gasteiger partial charge is 0.227 e. The van der Waals surface area contributed by atoms with Gasteiger partial charge in [0.25, 0.3) is 0 Å². The van der Waals surface area contributed by atoms with Crippen LogP contribution in [0.3, 0.4) is 0 Å². The first-order valence-electron chi connectivity index (χ1n) is 13.5. The summed E-state index contributed by atoms with van der Waals surface area (Å²) in [4.78, 5) is 17.5. The molecule has 2 aliphatic heterocycles. The van der Waals surface area contributed by atoms with Gasteiger partial charge >= 0.3 is 0 Å². The maximum Gasteiger partial charge on any atom is 0.227 e. The van der Waals surface area contributed by atoms with Gasteiger partial charge in [-0.05, 0) is 62.5 Å². The van der Waals surface area contributed by atoms with E-state index in [-0.39, 0.29) is 0 Å². The van der Waals surface area contributed by atoms with E-state index < -0.39 is 0 Å². The predicted molar refractivity (Wildman–Crippen MR) is 148 cm³/mol. The van der Waals surface area contributed by atoms with Gasteiger partial charge in [-0.15, -0.1) is 0 Å². The third-order valence-corrected chi connectivity index (χ3v) is 7.65. The van der Waals surface area contributed by atoms with Crippen LogP contribution < -0.4 is 15.0 Å². The highest BCUT2D eigenvalue weighted by Gasteiger charge is 2.23. The first kappa shape index (κ1) is 24.8. The van der Waals surface area contributed by atoms with Crippen molar-refractivity contribution in [1.29, 1.82) is 0 Å². The molecular formula is C29H40N6O. The first-order valence-corrected chi connectivity index (χ1v) is 13.5. The molecule has 1 aromatic heterocycles. The highest BCUT2D eigenvalue weighted by molar-refractivity contribution is 5.92. The Morgan fingerprint density at radius 3 is 2.53 bits per heavy atom. The summed E-state index contributed by atoms with van der Waals surface area (Å²) in [5.41, 5.74) is 3.57. The van der Waals surface area contributed by atoms with Crippen LogP contribution in [0.4, 0.5) is 11.8 Å². The third-order valence-electron chi connectivity index (χ3n) is 7.65. The minimum Gasteiger partial charge on any atom is -0.496 e. The number of aryl methyl sites for hydroxylation is 1. The van der Waals surface area contributed by atoms with Gasteiger partial charge in [-0.1, -0.05) is 37.3 Å². The minimum absolute atomic E-state index is 0.398. The molecule has 0 aliphatic carbocycles. The summed E-state index contributed by atoms with van der Waals surface area (Å²) in [5.74, 6) is 2.70. The van der Waals surface area contributed by atoms with Gasteiger partial charge in [-0.3, -0.25) is 4.90 Å². The Morgan fingerprint density at radius 2 is 1.78 bits per heavy atom. The number of nitrogens with one attached hydrogen (secondary N) is 1. The molecule has 2 aromatic carbocycles. The maximum atomic E-state index is 5.73. The summed E-state index contributed by atoms with van der Waals surface area (Å²) in [6.45, 7) is 9.46. The van der Waals surface area contributed by atoms with Crippen LogP contribution in [-0.4, -0.2) is 79.2 Å². The summed E-state index contributed by atoms with van der Waals surface area (Å²) in [5, 5.41) is 4.88. The zero-order chi connectivity index (χ0) is 24.9. The van der Waals surface area contributed by atoms with Crippen molar-refractivity contribution in [2.24, 2.45) is 0 Å². The van der Waals surface area contributed by atoms with Crippen LogP contribution in [0.5, 0.6) is 5.75 Å². The molecule has 2 aliphatic rings. The number of aromatic nitrogens is 2. The second-order valence-electron chi connectivity index (χ2n) is 10.2. The SMILES string of the molecule is CCc1cc2nc(N3CCCN(C)CC3)nc(NC3CCN(Cc4ccccc4)CC3)c2cc1OC. The monoisotopic (exact) mass is 488 g/mol. The standard InChI is InChI=1S/C29H40N6O/c1-4-23-19-26-25(20-27(23)36-3)28(32-29(31-26)35-14-8-13-33(2)17-18-35)30-24-11-15-34(16-12-24)21-22-9-6-5-7-10-22/h5-7,9-10,19-20,24H,4,8,11-18,21H2,1-3H3,(H,30,31,32). The zero-order valence-electron chi connectivity index (χ0n) is 22.0. The number of piperidine rings is 1. The molecule has 7 nitrogen and oxygen atoms in total. The van der Waals surface area contributed by atoms with Crippen molar-refractivity contribution in [3.8, 4) is 5.75 Å². The molecule has 0 amide bonds. The predicted octanol–water partition coefficient (Wildman–Crippen LogP) is 4.42. The molecule has 5 rings (SSSR count). The molecule has 36 heavy (non-hydrogen) atoms. The lowest BCUT2D eigenvalue weighted by atomic mass is 10.0. The number of hydrogen-bond donors (Lipinski definition) is 1. The summed E-state index contributed by atoms with van der Waals surface area (Å²) >= 11 is 0. The minimum atomic E-state index is 0.398. The van der Waals surface area contributed by atoms with Crippen LogP contribution >= 0.6 is 0 Å². The summed E-state index contributed by atoms with van der Waals surface area (Å²) < 4.78 is 5.73. The quantitative estimate of drug-likeness (QED) is 0.528. The van der Waals surface area contributed by atoms with Crippen molar-refractivity contribution < 1.29 is 4.74 Å². The van der Waals surface area contributed by atoms with Crippen LogP contribution in [0.1, 0.15) is 37.3 Å². The van der Waals surface area contributed by atoms with Crippen LogP contribution in [-0.2, 0) is 13.0 Å². The van der Waals surface area contributed by atoms with Crippen molar-refractivity contribution in [3.63, 3.8) is 0 Å². The van der Waals surface area contributed by atoms with E-state index in [1.165, 1.54) is 11.1 Å². The molecule has 0 saturated carbocycles. The second kappa shape index (κ2) is 11.4.